The first-order chi connectivity index (χ1) is 10.2. The molecule has 0 amide bonds. The van der Waals surface area contributed by atoms with Crippen LogP contribution in [-0.2, 0) is 22.7 Å². The third kappa shape index (κ3) is 4.11. The molecule has 0 spiro atoms. The molecular formula is C16H19N3O2. The summed E-state index contributed by atoms with van der Waals surface area (Å²) in [5, 5.41) is 8.55. The Kier molecular flexibility index (Phi) is 5.43. The van der Waals surface area contributed by atoms with Crippen molar-refractivity contribution in [1.82, 2.24) is 0 Å². The molecule has 0 atom stereocenters. The molecule has 0 heterocycles. The van der Waals surface area contributed by atoms with Crippen LogP contribution < -0.4 is 5.73 Å². The minimum absolute atomic E-state index is 0.454. The Hall–Kier alpha value is -2.24. The molecule has 5 nitrogen and oxygen atoms in total. The Morgan fingerprint density at radius 3 is 2.38 bits per heavy atom. The van der Waals surface area contributed by atoms with E-state index in [1.54, 1.807) is 14.2 Å². The Morgan fingerprint density at radius 2 is 1.62 bits per heavy atom. The highest BCUT2D eigenvalue weighted by Crippen LogP contribution is 2.25. The predicted molar refractivity (Wildman–Crippen MR) is 82.9 cm³/mol. The third-order valence-electron chi connectivity index (χ3n) is 2.99. The first-order valence-electron chi connectivity index (χ1n) is 6.60. The molecule has 0 radical (unpaired) electrons. The standard InChI is InChI=1S/C16H19N3O2/c1-20-10-12-5-3-4-6-16(12)19-18-14-7-8-15(17)13(9-14)11-21-2/h3-9H,10-11,17H2,1-2H3. The van der Waals surface area contributed by atoms with Gasteiger partial charge < -0.3 is 15.2 Å². The van der Waals surface area contributed by atoms with E-state index in [4.69, 9.17) is 15.2 Å². The van der Waals surface area contributed by atoms with Crippen molar-refractivity contribution >= 4 is 17.1 Å². The van der Waals surface area contributed by atoms with E-state index in [0.29, 0.717) is 18.9 Å². The zero-order valence-electron chi connectivity index (χ0n) is 12.2. The van der Waals surface area contributed by atoms with Crippen molar-refractivity contribution in [2.45, 2.75) is 13.2 Å². The van der Waals surface area contributed by atoms with Crippen molar-refractivity contribution in [3.63, 3.8) is 0 Å². The van der Waals surface area contributed by atoms with Crippen LogP contribution in [0.1, 0.15) is 11.1 Å². The normalized spacial score (nSPS) is 11.1. The van der Waals surface area contributed by atoms with Gasteiger partial charge >= 0.3 is 0 Å². The molecule has 0 aliphatic rings. The van der Waals surface area contributed by atoms with E-state index < -0.39 is 0 Å². The van der Waals surface area contributed by atoms with Crippen LogP contribution in [0.3, 0.4) is 0 Å². The van der Waals surface area contributed by atoms with Crippen LogP contribution in [0.2, 0.25) is 0 Å². The second kappa shape index (κ2) is 7.52. The molecule has 5 heteroatoms. The van der Waals surface area contributed by atoms with Crippen LogP contribution in [0.25, 0.3) is 0 Å². The highest BCUT2D eigenvalue weighted by atomic mass is 16.5. The number of nitrogen functional groups attached to an aromatic ring is 1. The van der Waals surface area contributed by atoms with Crippen LogP contribution in [0, 0.1) is 0 Å². The Balaban J connectivity index is 2.23. The van der Waals surface area contributed by atoms with E-state index in [1.807, 2.05) is 42.5 Å². The first kappa shape index (κ1) is 15.2. The molecule has 2 aromatic carbocycles. The summed E-state index contributed by atoms with van der Waals surface area (Å²) in [4.78, 5) is 0. The lowest BCUT2D eigenvalue weighted by Gasteiger charge is -2.05. The summed E-state index contributed by atoms with van der Waals surface area (Å²) in [6, 6.07) is 13.3. The summed E-state index contributed by atoms with van der Waals surface area (Å²) in [5.74, 6) is 0. The summed E-state index contributed by atoms with van der Waals surface area (Å²) >= 11 is 0. The van der Waals surface area contributed by atoms with Crippen molar-refractivity contribution in [3.8, 4) is 0 Å². The summed E-state index contributed by atoms with van der Waals surface area (Å²) in [6.07, 6.45) is 0. The van der Waals surface area contributed by atoms with Gasteiger partial charge in [-0.3, -0.25) is 0 Å². The number of rotatable bonds is 6. The van der Waals surface area contributed by atoms with Gasteiger partial charge in [0.05, 0.1) is 24.6 Å². The van der Waals surface area contributed by atoms with E-state index in [1.165, 1.54) is 0 Å². The molecule has 0 saturated carbocycles. The number of benzene rings is 2. The van der Waals surface area contributed by atoms with E-state index in [2.05, 4.69) is 10.2 Å². The largest absolute Gasteiger partial charge is 0.398 e. The van der Waals surface area contributed by atoms with Gasteiger partial charge in [0.2, 0.25) is 0 Å². The van der Waals surface area contributed by atoms with Crippen LogP contribution in [0.4, 0.5) is 17.1 Å². The number of hydrogen-bond acceptors (Lipinski definition) is 5. The number of ether oxygens (including phenoxy) is 2. The third-order valence-corrected chi connectivity index (χ3v) is 2.99. The lowest BCUT2D eigenvalue weighted by molar-refractivity contribution is 0.185. The quantitative estimate of drug-likeness (QED) is 0.644. The number of nitrogens with zero attached hydrogens (tertiary/aromatic N) is 2. The molecule has 2 N–H and O–H groups in total. The fourth-order valence-electron chi connectivity index (χ4n) is 1.93. The van der Waals surface area contributed by atoms with Gasteiger partial charge in [0.15, 0.2) is 0 Å². The van der Waals surface area contributed by atoms with E-state index in [9.17, 15) is 0 Å². The van der Waals surface area contributed by atoms with Gasteiger partial charge in [-0.05, 0) is 24.3 Å². The van der Waals surface area contributed by atoms with Crippen molar-refractivity contribution in [2.24, 2.45) is 10.2 Å². The molecule has 0 bridgehead atoms. The van der Waals surface area contributed by atoms with Crippen molar-refractivity contribution in [1.29, 1.82) is 0 Å². The zero-order valence-corrected chi connectivity index (χ0v) is 12.2. The highest BCUT2D eigenvalue weighted by Gasteiger charge is 2.02. The van der Waals surface area contributed by atoms with Crippen LogP contribution in [-0.4, -0.2) is 14.2 Å². The van der Waals surface area contributed by atoms with Gasteiger partial charge in [-0.15, -0.1) is 0 Å². The highest BCUT2D eigenvalue weighted by molar-refractivity contribution is 5.55. The maximum absolute atomic E-state index is 5.88. The minimum Gasteiger partial charge on any atom is -0.398 e. The monoisotopic (exact) mass is 285 g/mol. The number of anilines is 1. The van der Waals surface area contributed by atoms with Gasteiger partial charge in [-0.2, -0.15) is 10.2 Å². The molecule has 0 aliphatic heterocycles. The minimum atomic E-state index is 0.454. The lowest BCUT2D eigenvalue weighted by atomic mass is 10.2. The molecule has 0 fully saturated rings. The number of hydrogen-bond donors (Lipinski definition) is 1. The predicted octanol–water partition coefficient (Wildman–Crippen LogP) is 3.98. The second-order valence-electron chi connectivity index (χ2n) is 4.58. The van der Waals surface area contributed by atoms with Crippen molar-refractivity contribution < 1.29 is 9.47 Å². The van der Waals surface area contributed by atoms with Gasteiger partial charge in [0.1, 0.15) is 0 Å². The molecule has 21 heavy (non-hydrogen) atoms. The van der Waals surface area contributed by atoms with Gasteiger partial charge in [0, 0.05) is 31.0 Å². The Morgan fingerprint density at radius 1 is 0.905 bits per heavy atom. The van der Waals surface area contributed by atoms with Gasteiger partial charge in [-0.25, -0.2) is 0 Å². The number of azo groups is 1. The average molecular weight is 285 g/mol. The lowest BCUT2D eigenvalue weighted by Crippen LogP contribution is -1.95. The van der Waals surface area contributed by atoms with E-state index >= 15 is 0 Å². The number of nitrogens with two attached hydrogens (primary N) is 1. The maximum atomic E-state index is 5.88. The SMILES string of the molecule is COCc1cc(N=Nc2ccccc2COC)ccc1N. The van der Waals surface area contributed by atoms with Crippen LogP contribution >= 0.6 is 0 Å². The molecule has 0 aromatic heterocycles. The molecule has 0 saturated heterocycles. The summed E-state index contributed by atoms with van der Waals surface area (Å²) in [7, 11) is 3.29. The van der Waals surface area contributed by atoms with Crippen LogP contribution in [0.15, 0.2) is 52.7 Å². The van der Waals surface area contributed by atoms with E-state index in [-0.39, 0.29) is 0 Å². The molecular weight excluding hydrogens is 266 g/mol. The Labute approximate surface area is 124 Å². The summed E-state index contributed by atoms with van der Waals surface area (Å²) < 4.78 is 10.3. The van der Waals surface area contributed by atoms with Crippen LogP contribution in [0.5, 0.6) is 0 Å². The molecule has 2 rings (SSSR count). The molecule has 2 aromatic rings. The van der Waals surface area contributed by atoms with Gasteiger partial charge in [0.25, 0.3) is 0 Å². The molecule has 0 unspecified atom stereocenters. The maximum Gasteiger partial charge on any atom is 0.0912 e. The molecule has 110 valence electrons. The topological polar surface area (TPSA) is 69.2 Å². The fraction of sp³-hybridized carbons (Fsp3) is 0.250. The Bertz CT molecular complexity index is 627. The van der Waals surface area contributed by atoms with Crippen molar-refractivity contribution in [3.05, 3.63) is 53.6 Å². The van der Waals surface area contributed by atoms with Gasteiger partial charge in [-0.1, -0.05) is 18.2 Å². The van der Waals surface area contributed by atoms with Crippen molar-refractivity contribution in [2.75, 3.05) is 20.0 Å². The average Bonchev–Trinajstić information content (AvgIpc) is 2.50. The molecule has 0 aliphatic carbocycles. The smallest absolute Gasteiger partial charge is 0.0912 e. The number of methoxy groups -OCH3 is 2. The second-order valence-corrected chi connectivity index (χ2v) is 4.58. The summed E-state index contributed by atoms with van der Waals surface area (Å²) in [5.41, 5.74) is 10.0. The van der Waals surface area contributed by atoms with E-state index in [0.717, 1.165) is 22.5 Å². The summed E-state index contributed by atoms with van der Waals surface area (Å²) in [6.45, 7) is 0.960. The fourth-order valence-corrected chi connectivity index (χ4v) is 1.93. The zero-order chi connectivity index (χ0) is 15.1. The first-order valence-corrected chi connectivity index (χ1v) is 6.60.